The van der Waals surface area contributed by atoms with E-state index < -0.39 is 0 Å². The minimum absolute atomic E-state index is 0.0572. The molecule has 118 valence electrons. The summed E-state index contributed by atoms with van der Waals surface area (Å²) >= 11 is 0. The fourth-order valence-electron chi connectivity index (χ4n) is 1.38. The molecule has 0 fully saturated rings. The molecule has 2 aromatic rings. The van der Waals surface area contributed by atoms with E-state index in [1.54, 1.807) is 6.08 Å². The lowest BCUT2D eigenvalue weighted by Gasteiger charge is -1.98. The Hall–Kier alpha value is -2.53. The van der Waals surface area contributed by atoms with Gasteiger partial charge in [-0.25, -0.2) is 4.98 Å². The molecule has 0 amide bonds. The van der Waals surface area contributed by atoms with E-state index >= 15 is 0 Å². The first-order valence-corrected chi connectivity index (χ1v) is 7.23. The summed E-state index contributed by atoms with van der Waals surface area (Å²) in [5.74, 6) is -0.0572. The smallest absolute Gasteiger partial charge is 0.143 e. The van der Waals surface area contributed by atoms with Crippen molar-refractivity contribution in [2.24, 2.45) is 11.5 Å². The standard InChI is InChI=1S/C9H8N4.C6H11N.C2H6/c10-9(11)8-5-12-6-3-1-2-4-7(6)13-8;1-2-3-4-5-6-7;1-2/h1-5H,(H3,10,11);2-4H,1,5-7H2;1-2H3/b;4-3-;. The predicted octanol–water partition coefficient (Wildman–Crippen LogP) is 3.02. The molecule has 0 aliphatic heterocycles. The number of rotatable bonds is 4. The molecule has 0 aliphatic rings. The molecular weight excluding hydrogens is 274 g/mol. The van der Waals surface area contributed by atoms with Crippen LogP contribution in [0.1, 0.15) is 26.0 Å². The lowest BCUT2D eigenvalue weighted by molar-refractivity contribution is 1.01. The molecular formula is C17H25N5. The molecule has 0 spiro atoms. The molecule has 0 bridgehead atoms. The average Bonchev–Trinajstić information content (AvgIpc) is 2.57. The van der Waals surface area contributed by atoms with Crippen molar-refractivity contribution in [1.29, 1.82) is 5.41 Å². The fraction of sp³-hybridized carbons (Fsp3) is 0.235. The van der Waals surface area contributed by atoms with Crippen LogP contribution in [0.4, 0.5) is 0 Å². The molecule has 2 rings (SSSR count). The van der Waals surface area contributed by atoms with Gasteiger partial charge in [0, 0.05) is 0 Å². The Labute approximate surface area is 132 Å². The predicted molar refractivity (Wildman–Crippen MR) is 94.9 cm³/mol. The number of nitrogens with one attached hydrogen (secondary N) is 1. The topological polar surface area (TPSA) is 102 Å². The van der Waals surface area contributed by atoms with Crippen LogP contribution >= 0.6 is 0 Å². The molecule has 0 radical (unpaired) electrons. The molecule has 0 saturated carbocycles. The van der Waals surface area contributed by atoms with Crippen LogP contribution in [0.25, 0.3) is 11.0 Å². The Bertz CT molecular complexity index is 605. The second-order valence-electron chi connectivity index (χ2n) is 3.90. The van der Waals surface area contributed by atoms with Crippen LogP contribution in [-0.2, 0) is 0 Å². The third kappa shape index (κ3) is 7.31. The summed E-state index contributed by atoms with van der Waals surface area (Å²) in [6, 6.07) is 7.48. The Morgan fingerprint density at radius 2 is 1.91 bits per heavy atom. The summed E-state index contributed by atoms with van der Waals surface area (Å²) < 4.78 is 0. The molecule has 1 aromatic carbocycles. The summed E-state index contributed by atoms with van der Waals surface area (Å²) in [5.41, 5.74) is 12.5. The van der Waals surface area contributed by atoms with Crippen LogP contribution in [0.2, 0.25) is 0 Å². The monoisotopic (exact) mass is 299 g/mol. The Kier molecular flexibility index (Phi) is 10.8. The third-order valence-corrected chi connectivity index (χ3v) is 2.33. The maximum absolute atomic E-state index is 7.19. The van der Waals surface area contributed by atoms with Crippen LogP contribution in [0.3, 0.4) is 0 Å². The van der Waals surface area contributed by atoms with Gasteiger partial charge in [-0.05, 0) is 25.1 Å². The lowest BCUT2D eigenvalue weighted by Crippen LogP contribution is -2.13. The lowest BCUT2D eigenvalue weighted by atomic mass is 10.3. The molecule has 0 saturated heterocycles. The van der Waals surface area contributed by atoms with Gasteiger partial charge in [0.15, 0.2) is 0 Å². The van der Waals surface area contributed by atoms with Gasteiger partial charge < -0.3 is 11.5 Å². The van der Waals surface area contributed by atoms with Crippen molar-refractivity contribution in [3.8, 4) is 0 Å². The van der Waals surface area contributed by atoms with Crippen LogP contribution < -0.4 is 11.5 Å². The van der Waals surface area contributed by atoms with Gasteiger partial charge in [-0.15, -0.1) is 0 Å². The number of fused-ring (bicyclic) bond motifs is 1. The number of aromatic nitrogens is 2. The molecule has 0 aliphatic carbocycles. The number of nitrogen functional groups attached to an aromatic ring is 1. The molecule has 22 heavy (non-hydrogen) atoms. The number of nitrogens with zero attached hydrogens (tertiary/aromatic N) is 2. The van der Waals surface area contributed by atoms with E-state index in [0.29, 0.717) is 5.69 Å². The van der Waals surface area contributed by atoms with E-state index in [-0.39, 0.29) is 5.84 Å². The van der Waals surface area contributed by atoms with Crippen LogP contribution in [0, 0.1) is 5.41 Å². The van der Waals surface area contributed by atoms with Gasteiger partial charge in [-0.2, -0.15) is 0 Å². The summed E-state index contributed by atoms with van der Waals surface area (Å²) in [6.07, 6.45) is 8.09. The van der Waals surface area contributed by atoms with Gasteiger partial charge in [0.2, 0.25) is 0 Å². The molecule has 1 aromatic heterocycles. The summed E-state index contributed by atoms with van der Waals surface area (Å²) in [6.45, 7) is 8.23. The number of allylic oxidation sites excluding steroid dienone is 2. The van der Waals surface area contributed by atoms with E-state index in [1.165, 1.54) is 6.20 Å². The Balaban J connectivity index is 0.000000421. The minimum atomic E-state index is -0.0572. The van der Waals surface area contributed by atoms with Crippen LogP contribution in [-0.4, -0.2) is 22.3 Å². The van der Waals surface area contributed by atoms with E-state index in [4.69, 9.17) is 16.9 Å². The number of nitrogens with two attached hydrogens (primary N) is 2. The molecule has 0 atom stereocenters. The van der Waals surface area contributed by atoms with Crippen molar-refractivity contribution < 1.29 is 0 Å². The second-order valence-corrected chi connectivity index (χ2v) is 3.90. The molecule has 1 heterocycles. The Morgan fingerprint density at radius 1 is 1.27 bits per heavy atom. The third-order valence-electron chi connectivity index (χ3n) is 2.33. The van der Waals surface area contributed by atoms with E-state index in [2.05, 4.69) is 16.5 Å². The molecule has 5 N–H and O–H groups in total. The Morgan fingerprint density at radius 3 is 2.45 bits per heavy atom. The largest absolute Gasteiger partial charge is 0.382 e. The first kappa shape index (κ1) is 19.5. The number of hydrogen-bond acceptors (Lipinski definition) is 4. The number of para-hydroxylation sites is 2. The number of benzene rings is 1. The van der Waals surface area contributed by atoms with Gasteiger partial charge in [0.25, 0.3) is 0 Å². The minimum Gasteiger partial charge on any atom is -0.382 e. The maximum atomic E-state index is 7.19. The molecule has 5 nitrogen and oxygen atoms in total. The zero-order chi connectivity index (χ0) is 16.8. The normalized spacial score (nSPS) is 9.41. The van der Waals surface area contributed by atoms with Crippen molar-refractivity contribution in [2.75, 3.05) is 6.54 Å². The van der Waals surface area contributed by atoms with E-state index in [9.17, 15) is 0 Å². The summed E-state index contributed by atoms with van der Waals surface area (Å²) in [5, 5.41) is 7.19. The molecule has 0 unspecified atom stereocenters. The highest BCUT2D eigenvalue weighted by Crippen LogP contribution is 2.07. The van der Waals surface area contributed by atoms with Gasteiger partial charge in [-0.3, -0.25) is 10.4 Å². The summed E-state index contributed by atoms with van der Waals surface area (Å²) in [4.78, 5) is 8.28. The second kappa shape index (κ2) is 12.2. The van der Waals surface area contributed by atoms with Crippen LogP contribution in [0.15, 0.2) is 55.3 Å². The SMILES string of the molecule is C=C/C=C\CCN.CC.N=C(N)c1cnc2ccccc2n1. The van der Waals surface area contributed by atoms with Crippen molar-refractivity contribution in [1.82, 2.24) is 9.97 Å². The zero-order valence-electron chi connectivity index (χ0n) is 13.3. The van der Waals surface area contributed by atoms with Crippen molar-refractivity contribution in [2.45, 2.75) is 20.3 Å². The van der Waals surface area contributed by atoms with Crippen LogP contribution in [0.5, 0.6) is 0 Å². The van der Waals surface area contributed by atoms with Gasteiger partial charge in [-0.1, -0.05) is 50.8 Å². The van der Waals surface area contributed by atoms with E-state index in [1.807, 2.05) is 50.3 Å². The van der Waals surface area contributed by atoms with Gasteiger partial charge in [0.1, 0.15) is 11.5 Å². The summed E-state index contributed by atoms with van der Waals surface area (Å²) in [7, 11) is 0. The van der Waals surface area contributed by atoms with Gasteiger partial charge >= 0.3 is 0 Å². The van der Waals surface area contributed by atoms with Gasteiger partial charge in [0.05, 0.1) is 17.2 Å². The van der Waals surface area contributed by atoms with Crippen molar-refractivity contribution in [3.05, 3.63) is 61.0 Å². The first-order valence-electron chi connectivity index (χ1n) is 7.23. The van der Waals surface area contributed by atoms with Crippen molar-refractivity contribution >= 4 is 16.9 Å². The highest BCUT2D eigenvalue weighted by atomic mass is 14.9. The average molecular weight is 299 g/mol. The maximum Gasteiger partial charge on any atom is 0.143 e. The number of hydrogen-bond donors (Lipinski definition) is 3. The van der Waals surface area contributed by atoms with Crippen molar-refractivity contribution in [3.63, 3.8) is 0 Å². The first-order chi connectivity index (χ1) is 10.7. The van der Waals surface area contributed by atoms with E-state index in [0.717, 1.165) is 24.0 Å². The zero-order valence-corrected chi connectivity index (χ0v) is 13.3. The highest BCUT2D eigenvalue weighted by molar-refractivity contribution is 5.94. The molecule has 5 heteroatoms. The quantitative estimate of drug-likeness (QED) is 0.459. The number of amidine groups is 1. The highest BCUT2D eigenvalue weighted by Gasteiger charge is 2.00. The fourth-order valence-corrected chi connectivity index (χ4v) is 1.38.